The minimum Gasteiger partial charge on any atom is -0.493 e. The van der Waals surface area contributed by atoms with Gasteiger partial charge in [-0.15, -0.1) is 0 Å². The van der Waals surface area contributed by atoms with Crippen molar-refractivity contribution >= 4 is 23.0 Å². The Morgan fingerprint density at radius 1 is 1.00 bits per heavy atom. The highest BCUT2D eigenvalue weighted by Crippen LogP contribution is 2.27. The van der Waals surface area contributed by atoms with Crippen LogP contribution in [-0.2, 0) is 0 Å². The van der Waals surface area contributed by atoms with Crippen LogP contribution in [0.25, 0.3) is 0 Å². The number of methoxy groups -OCH3 is 2. The van der Waals surface area contributed by atoms with Crippen molar-refractivity contribution in [2.75, 3.05) is 19.6 Å². The average Bonchev–Trinajstić information content (AvgIpc) is 2.53. The Bertz CT molecular complexity index is 639. The molecule has 0 spiro atoms. The summed E-state index contributed by atoms with van der Waals surface area (Å²) >= 11 is 5.84. The van der Waals surface area contributed by atoms with Gasteiger partial charge >= 0.3 is 0 Å². The van der Waals surface area contributed by atoms with Gasteiger partial charge in [0.1, 0.15) is 0 Å². The van der Waals surface area contributed by atoms with Gasteiger partial charge in [-0.2, -0.15) is 5.10 Å². The number of nitrogens with one attached hydrogen (secondary N) is 1. The third kappa shape index (κ3) is 3.89. The van der Waals surface area contributed by atoms with E-state index >= 15 is 0 Å². The highest BCUT2D eigenvalue weighted by atomic mass is 35.5. The molecule has 0 heterocycles. The Morgan fingerprint density at radius 3 is 2.29 bits per heavy atom. The molecule has 21 heavy (non-hydrogen) atoms. The van der Waals surface area contributed by atoms with Gasteiger partial charge in [-0.1, -0.05) is 11.6 Å². The molecule has 2 aromatic rings. The van der Waals surface area contributed by atoms with Crippen molar-refractivity contribution in [1.29, 1.82) is 0 Å². The largest absolute Gasteiger partial charge is 0.493 e. The first-order valence-electron chi connectivity index (χ1n) is 6.42. The second-order valence-electron chi connectivity index (χ2n) is 4.39. The summed E-state index contributed by atoms with van der Waals surface area (Å²) in [6.07, 6.45) is 0. The van der Waals surface area contributed by atoms with Gasteiger partial charge in [-0.05, 0) is 49.4 Å². The molecule has 0 bridgehead atoms. The van der Waals surface area contributed by atoms with Crippen LogP contribution in [-0.4, -0.2) is 19.9 Å². The zero-order valence-electron chi connectivity index (χ0n) is 12.2. The number of halogens is 1. The van der Waals surface area contributed by atoms with Gasteiger partial charge < -0.3 is 9.47 Å². The quantitative estimate of drug-likeness (QED) is 0.665. The third-order valence-electron chi connectivity index (χ3n) is 3.00. The molecule has 0 aromatic heterocycles. The van der Waals surface area contributed by atoms with Gasteiger partial charge in [0.15, 0.2) is 11.5 Å². The smallest absolute Gasteiger partial charge is 0.161 e. The highest BCUT2D eigenvalue weighted by molar-refractivity contribution is 6.30. The number of nitrogens with zero attached hydrogens (tertiary/aromatic N) is 1. The molecule has 0 aliphatic heterocycles. The summed E-state index contributed by atoms with van der Waals surface area (Å²) in [5, 5.41) is 5.05. The van der Waals surface area contributed by atoms with E-state index in [0.717, 1.165) is 17.0 Å². The Kier molecular flexibility index (Phi) is 5.06. The van der Waals surface area contributed by atoms with Crippen LogP contribution in [0.4, 0.5) is 5.69 Å². The van der Waals surface area contributed by atoms with Crippen LogP contribution in [0.2, 0.25) is 5.02 Å². The van der Waals surface area contributed by atoms with Gasteiger partial charge in [0.25, 0.3) is 0 Å². The van der Waals surface area contributed by atoms with Gasteiger partial charge in [0, 0.05) is 10.6 Å². The van der Waals surface area contributed by atoms with E-state index in [-0.39, 0.29) is 0 Å². The normalized spacial score (nSPS) is 11.1. The van der Waals surface area contributed by atoms with E-state index in [1.54, 1.807) is 14.2 Å². The first-order chi connectivity index (χ1) is 10.1. The fourth-order valence-corrected chi connectivity index (χ4v) is 1.92. The molecule has 0 atom stereocenters. The van der Waals surface area contributed by atoms with Crippen molar-refractivity contribution in [1.82, 2.24) is 0 Å². The summed E-state index contributed by atoms with van der Waals surface area (Å²) in [6, 6.07) is 13.0. The van der Waals surface area contributed by atoms with Crippen LogP contribution >= 0.6 is 11.6 Å². The summed E-state index contributed by atoms with van der Waals surface area (Å²) in [7, 11) is 3.22. The van der Waals surface area contributed by atoms with Crippen LogP contribution in [0.1, 0.15) is 12.5 Å². The highest BCUT2D eigenvalue weighted by Gasteiger charge is 2.06. The summed E-state index contributed by atoms with van der Waals surface area (Å²) in [6.45, 7) is 1.92. The minimum atomic E-state index is 0.677. The van der Waals surface area contributed by atoms with Crippen LogP contribution in [0.15, 0.2) is 47.6 Å². The molecule has 110 valence electrons. The Hall–Kier alpha value is -2.20. The van der Waals surface area contributed by atoms with Gasteiger partial charge in [0.05, 0.1) is 25.6 Å². The molecule has 0 aliphatic rings. The zero-order valence-corrected chi connectivity index (χ0v) is 12.9. The average molecular weight is 305 g/mol. The number of hydrogen-bond donors (Lipinski definition) is 1. The molecular formula is C16H17ClN2O2. The molecule has 4 nitrogen and oxygen atoms in total. The summed E-state index contributed by atoms with van der Waals surface area (Å²) in [5.41, 5.74) is 5.66. The summed E-state index contributed by atoms with van der Waals surface area (Å²) in [4.78, 5) is 0. The topological polar surface area (TPSA) is 42.8 Å². The molecule has 0 fully saturated rings. The number of anilines is 1. The first-order valence-corrected chi connectivity index (χ1v) is 6.80. The predicted octanol–water partition coefficient (Wildman–Crippen LogP) is 4.19. The van der Waals surface area contributed by atoms with Crippen LogP contribution in [0.5, 0.6) is 11.5 Å². The number of hydrazone groups is 1. The molecule has 5 heteroatoms. The van der Waals surface area contributed by atoms with Crippen LogP contribution in [0, 0.1) is 0 Å². The van der Waals surface area contributed by atoms with Crippen molar-refractivity contribution in [3.8, 4) is 11.5 Å². The SMILES string of the molecule is COc1ccc(/C(C)=N\Nc2ccc(Cl)cc2)cc1OC. The van der Waals surface area contributed by atoms with E-state index in [1.165, 1.54) is 0 Å². The van der Waals surface area contributed by atoms with E-state index in [1.807, 2.05) is 49.4 Å². The monoisotopic (exact) mass is 304 g/mol. The molecule has 0 amide bonds. The summed E-state index contributed by atoms with van der Waals surface area (Å²) in [5.74, 6) is 1.37. The van der Waals surface area contributed by atoms with Crippen LogP contribution < -0.4 is 14.9 Å². The maximum absolute atomic E-state index is 5.84. The van der Waals surface area contributed by atoms with E-state index in [2.05, 4.69) is 10.5 Å². The molecule has 0 radical (unpaired) electrons. The third-order valence-corrected chi connectivity index (χ3v) is 3.25. The van der Waals surface area contributed by atoms with E-state index in [0.29, 0.717) is 16.5 Å². The lowest BCUT2D eigenvalue weighted by molar-refractivity contribution is 0.355. The molecule has 0 aliphatic carbocycles. The predicted molar refractivity (Wildman–Crippen MR) is 86.8 cm³/mol. The molecule has 2 rings (SSSR count). The minimum absolute atomic E-state index is 0.677. The lowest BCUT2D eigenvalue weighted by Crippen LogP contribution is -2.01. The Labute approximate surface area is 129 Å². The number of rotatable bonds is 5. The van der Waals surface area contributed by atoms with E-state index in [9.17, 15) is 0 Å². The second-order valence-corrected chi connectivity index (χ2v) is 4.82. The van der Waals surface area contributed by atoms with Crippen molar-refractivity contribution in [2.45, 2.75) is 6.92 Å². The van der Waals surface area contributed by atoms with Crippen molar-refractivity contribution < 1.29 is 9.47 Å². The number of benzene rings is 2. The lowest BCUT2D eigenvalue weighted by Gasteiger charge is -2.09. The Morgan fingerprint density at radius 2 is 1.67 bits per heavy atom. The zero-order chi connectivity index (χ0) is 15.2. The fraction of sp³-hybridized carbons (Fsp3) is 0.188. The molecule has 0 saturated carbocycles. The first kappa shape index (κ1) is 15.2. The van der Waals surface area contributed by atoms with Gasteiger partial charge in [-0.3, -0.25) is 5.43 Å². The number of ether oxygens (including phenoxy) is 2. The molecular weight excluding hydrogens is 288 g/mol. The van der Waals surface area contributed by atoms with Crippen molar-refractivity contribution in [2.24, 2.45) is 5.10 Å². The van der Waals surface area contributed by atoms with Crippen molar-refractivity contribution in [3.63, 3.8) is 0 Å². The fourth-order valence-electron chi connectivity index (χ4n) is 1.80. The summed E-state index contributed by atoms with van der Waals surface area (Å²) < 4.78 is 10.5. The lowest BCUT2D eigenvalue weighted by atomic mass is 10.1. The second kappa shape index (κ2) is 6.99. The number of hydrogen-bond acceptors (Lipinski definition) is 4. The molecule has 2 aromatic carbocycles. The van der Waals surface area contributed by atoms with Crippen molar-refractivity contribution in [3.05, 3.63) is 53.1 Å². The molecule has 0 saturated heterocycles. The Balaban J connectivity index is 2.17. The molecule has 1 N–H and O–H groups in total. The molecule has 0 unspecified atom stereocenters. The van der Waals surface area contributed by atoms with Crippen LogP contribution in [0.3, 0.4) is 0 Å². The standard InChI is InChI=1S/C16H17ClN2O2/c1-11(18-19-14-7-5-13(17)6-8-14)12-4-9-15(20-2)16(10-12)21-3/h4-10,19H,1-3H3/b18-11-. The van der Waals surface area contributed by atoms with E-state index < -0.39 is 0 Å². The maximum atomic E-state index is 5.84. The van der Waals surface area contributed by atoms with Gasteiger partial charge in [0.2, 0.25) is 0 Å². The van der Waals surface area contributed by atoms with E-state index in [4.69, 9.17) is 21.1 Å². The maximum Gasteiger partial charge on any atom is 0.161 e. The van der Waals surface area contributed by atoms with Gasteiger partial charge in [-0.25, -0.2) is 0 Å².